The highest BCUT2D eigenvalue weighted by molar-refractivity contribution is 5.93. The van der Waals surface area contributed by atoms with Gasteiger partial charge >= 0.3 is 12.1 Å². The number of esters is 1. The number of fused-ring (bicyclic) bond motifs is 1. The summed E-state index contributed by atoms with van der Waals surface area (Å²) in [5, 5.41) is 2.81. The molecular formula is C24H33FN4O5. The van der Waals surface area contributed by atoms with Crippen molar-refractivity contribution in [3.63, 3.8) is 0 Å². The minimum atomic E-state index is -0.757. The molecule has 10 heteroatoms. The molecule has 0 spiro atoms. The lowest BCUT2D eigenvalue weighted by atomic mass is 10.1. The Hall–Kier alpha value is -3.17. The Morgan fingerprint density at radius 3 is 2.50 bits per heavy atom. The largest absolute Gasteiger partial charge is 0.462 e. The summed E-state index contributed by atoms with van der Waals surface area (Å²) in [5.41, 5.74) is -1.70. The molecule has 1 aliphatic heterocycles. The van der Waals surface area contributed by atoms with Gasteiger partial charge in [-0.1, -0.05) is 0 Å². The van der Waals surface area contributed by atoms with Crippen LogP contribution in [0.3, 0.4) is 0 Å². The molecule has 1 amide bonds. The molecular weight excluding hydrogens is 443 g/mol. The van der Waals surface area contributed by atoms with Crippen LogP contribution in [0.2, 0.25) is 0 Å². The first kappa shape index (κ1) is 25.5. The van der Waals surface area contributed by atoms with Gasteiger partial charge in [0.05, 0.1) is 18.0 Å². The number of hydrogen-bond acceptors (Lipinski definition) is 7. The van der Waals surface area contributed by atoms with Crippen LogP contribution in [-0.2, 0) is 15.0 Å². The van der Waals surface area contributed by atoms with Crippen molar-refractivity contribution in [1.29, 1.82) is 0 Å². The number of amides is 1. The van der Waals surface area contributed by atoms with E-state index < -0.39 is 34.4 Å². The quantitative estimate of drug-likeness (QED) is 0.673. The van der Waals surface area contributed by atoms with Crippen LogP contribution < -0.4 is 15.6 Å². The van der Waals surface area contributed by atoms with Gasteiger partial charge in [0.25, 0.3) is 0 Å². The molecule has 186 valence electrons. The standard InChI is InChI=1S/C24H33FN4O5/c1-8-33-21(31)16-13-29(23(2,3)4)19-15(18(16)30)11-17(25)20(27-19)28-10-9-14(12-28)26-22(32)34-24(5,6)7/h11,13-14H,8-10,12H2,1-7H3,(H,26,32)/t14-/m1/s1. The highest BCUT2D eigenvalue weighted by Crippen LogP contribution is 2.27. The average Bonchev–Trinajstić information content (AvgIpc) is 3.13. The van der Waals surface area contributed by atoms with Gasteiger partial charge in [-0.2, -0.15) is 0 Å². The Morgan fingerprint density at radius 2 is 1.91 bits per heavy atom. The minimum absolute atomic E-state index is 0.00403. The van der Waals surface area contributed by atoms with Gasteiger partial charge in [0.2, 0.25) is 5.43 Å². The van der Waals surface area contributed by atoms with Crippen LogP contribution in [-0.4, -0.2) is 53.0 Å². The van der Waals surface area contributed by atoms with Crippen molar-refractivity contribution in [2.75, 3.05) is 24.6 Å². The smallest absolute Gasteiger partial charge is 0.407 e. The number of carbonyl (C=O) groups excluding carboxylic acids is 2. The second-order valence-electron chi connectivity index (χ2n) is 10.4. The maximum Gasteiger partial charge on any atom is 0.407 e. The van der Waals surface area contributed by atoms with Crippen molar-refractivity contribution in [2.24, 2.45) is 0 Å². The van der Waals surface area contributed by atoms with E-state index in [4.69, 9.17) is 9.47 Å². The van der Waals surface area contributed by atoms with Crippen LogP contribution in [0.1, 0.15) is 65.2 Å². The van der Waals surface area contributed by atoms with Gasteiger partial charge in [0.1, 0.15) is 16.8 Å². The van der Waals surface area contributed by atoms with E-state index in [2.05, 4.69) is 10.3 Å². The van der Waals surface area contributed by atoms with Gasteiger partial charge in [-0.25, -0.2) is 19.0 Å². The number of anilines is 1. The van der Waals surface area contributed by atoms with Crippen molar-refractivity contribution >= 4 is 28.9 Å². The number of halogens is 1. The van der Waals surface area contributed by atoms with Gasteiger partial charge in [0, 0.05) is 24.8 Å². The Bertz CT molecular complexity index is 1160. The molecule has 2 aromatic heterocycles. The van der Waals surface area contributed by atoms with E-state index in [9.17, 15) is 14.4 Å². The summed E-state index contributed by atoms with van der Waals surface area (Å²) in [5.74, 6) is -1.35. The molecule has 0 saturated carbocycles. The molecule has 9 nitrogen and oxygen atoms in total. The van der Waals surface area contributed by atoms with E-state index in [0.29, 0.717) is 19.5 Å². The molecule has 0 aromatic carbocycles. The Balaban J connectivity index is 1.99. The maximum absolute atomic E-state index is 15.2. The summed E-state index contributed by atoms with van der Waals surface area (Å²) in [7, 11) is 0. The number of aromatic nitrogens is 2. The fourth-order valence-electron chi connectivity index (χ4n) is 3.85. The molecule has 0 unspecified atom stereocenters. The van der Waals surface area contributed by atoms with Crippen molar-refractivity contribution in [1.82, 2.24) is 14.9 Å². The second kappa shape index (κ2) is 9.23. The molecule has 0 aliphatic carbocycles. The van der Waals surface area contributed by atoms with Crippen LogP contribution in [0, 0.1) is 5.82 Å². The Morgan fingerprint density at radius 1 is 1.24 bits per heavy atom. The summed E-state index contributed by atoms with van der Waals surface area (Å²) in [4.78, 5) is 43.7. The van der Waals surface area contributed by atoms with Crippen LogP contribution in [0.5, 0.6) is 0 Å². The van der Waals surface area contributed by atoms with E-state index in [1.54, 1.807) is 37.2 Å². The van der Waals surface area contributed by atoms with Crippen LogP contribution in [0.15, 0.2) is 17.1 Å². The van der Waals surface area contributed by atoms with Crippen molar-refractivity contribution in [2.45, 2.75) is 72.1 Å². The third-order valence-electron chi connectivity index (χ3n) is 5.34. The number of hydrogen-bond donors (Lipinski definition) is 1. The summed E-state index contributed by atoms with van der Waals surface area (Å²) < 4.78 is 27.2. The Labute approximate surface area is 198 Å². The number of nitrogens with one attached hydrogen (secondary N) is 1. The molecule has 1 fully saturated rings. The zero-order valence-corrected chi connectivity index (χ0v) is 20.8. The van der Waals surface area contributed by atoms with E-state index in [1.807, 2.05) is 20.8 Å². The molecule has 0 radical (unpaired) electrons. The molecule has 3 rings (SSSR count). The lowest BCUT2D eigenvalue weighted by molar-refractivity contribution is 0.0503. The fraction of sp³-hybridized carbons (Fsp3) is 0.583. The average molecular weight is 477 g/mol. The zero-order chi connectivity index (χ0) is 25.4. The first-order chi connectivity index (χ1) is 15.7. The highest BCUT2D eigenvalue weighted by atomic mass is 19.1. The van der Waals surface area contributed by atoms with E-state index >= 15 is 4.39 Å². The SMILES string of the molecule is CCOC(=O)c1cn(C(C)(C)C)c2nc(N3CC[C@@H](NC(=O)OC(C)(C)C)C3)c(F)cc2c1=O. The van der Waals surface area contributed by atoms with Gasteiger partial charge in [-0.3, -0.25) is 4.79 Å². The predicted octanol–water partition coefficient (Wildman–Crippen LogP) is 3.57. The van der Waals surface area contributed by atoms with E-state index in [0.717, 1.165) is 6.07 Å². The van der Waals surface area contributed by atoms with Gasteiger partial charge < -0.3 is 24.3 Å². The summed E-state index contributed by atoms with van der Waals surface area (Å²) in [6.07, 6.45) is 1.49. The van der Waals surface area contributed by atoms with E-state index in [1.165, 1.54) is 6.20 Å². The number of ether oxygens (including phenoxy) is 2. The third kappa shape index (κ3) is 5.48. The van der Waals surface area contributed by atoms with E-state index in [-0.39, 0.29) is 35.1 Å². The number of pyridine rings is 2. The van der Waals surface area contributed by atoms with Gasteiger partial charge in [-0.05, 0) is 61.0 Å². The van der Waals surface area contributed by atoms with Gasteiger partial charge in [0.15, 0.2) is 11.6 Å². The summed E-state index contributed by atoms with van der Waals surface area (Å²) in [6, 6.07) is 0.891. The first-order valence-corrected chi connectivity index (χ1v) is 11.4. The number of alkyl carbamates (subject to hydrolysis) is 1. The van der Waals surface area contributed by atoms with Crippen molar-refractivity contribution < 1.29 is 23.5 Å². The fourth-order valence-corrected chi connectivity index (χ4v) is 3.85. The number of nitrogens with zero attached hydrogens (tertiary/aromatic N) is 3. The van der Waals surface area contributed by atoms with Crippen LogP contribution >= 0.6 is 0 Å². The predicted molar refractivity (Wildman–Crippen MR) is 127 cm³/mol. The molecule has 0 bridgehead atoms. The number of rotatable bonds is 4. The molecule has 1 aliphatic rings. The molecule has 34 heavy (non-hydrogen) atoms. The second-order valence-corrected chi connectivity index (χ2v) is 10.4. The normalized spacial score (nSPS) is 16.6. The monoisotopic (exact) mass is 476 g/mol. The molecule has 2 aromatic rings. The number of carbonyl (C=O) groups is 2. The lowest BCUT2D eigenvalue weighted by Gasteiger charge is -2.27. The third-order valence-corrected chi connectivity index (χ3v) is 5.34. The molecule has 1 saturated heterocycles. The first-order valence-electron chi connectivity index (χ1n) is 11.4. The lowest BCUT2D eigenvalue weighted by Crippen LogP contribution is -2.40. The zero-order valence-electron chi connectivity index (χ0n) is 20.8. The molecule has 1 atom stereocenters. The Kier molecular flexibility index (Phi) is 6.91. The van der Waals surface area contributed by atoms with Crippen LogP contribution in [0.25, 0.3) is 11.0 Å². The van der Waals surface area contributed by atoms with Crippen molar-refractivity contribution in [3.8, 4) is 0 Å². The van der Waals surface area contributed by atoms with Crippen molar-refractivity contribution in [3.05, 3.63) is 33.9 Å². The summed E-state index contributed by atoms with van der Waals surface area (Å²) >= 11 is 0. The minimum Gasteiger partial charge on any atom is -0.462 e. The summed E-state index contributed by atoms with van der Waals surface area (Å²) in [6.45, 7) is 13.6. The maximum atomic E-state index is 15.2. The van der Waals surface area contributed by atoms with Gasteiger partial charge in [-0.15, -0.1) is 0 Å². The molecule has 3 heterocycles. The molecule has 1 N–H and O–H groups in total. The van der Waals surface area contributed by atoms with Crippen LogP contribution in [0.4, 0.5) is 15.0 Å². The topological polar surface area (TPSA) is 103 Å². The highest BCUT2D eigenvalue weighted by Gasteiger charge is 2.30.